The van der Waals surface area contributed by atoms with Crippen molar-refractivity contribution in [3.63, 3.8) is 0 Å². The van der Waals surface area contributed by atoms with Crippen molar-refractivity contribution in [1.29, 1.82) is 0 Å². The van der Waals surface area contributed by atoms with Gasteiger partial charge in [0, 0.05) is 45.9 Å². The molecule has 10 aromatic carbocycles. The zero-order valence-corrected chi connectivity index (χ0v) is 30.8. The average Bonchev–Trinajstić information content (AvgIpc) is 3.79. The van der Waals surface area contributed by atoms with Gasteiger partial charge in [0.25, 0.3) is 0 Å². The van der Waals surface area contributed by atoms with Crippen LogP contribution in [-0.2, 0) is 0 Å². The molecule has 0 unspecified atom stereocenters. The van der Waals surface area contributed by atoms with Gasteiger partial charge in [-0.15, -0.1) is 22.7 Å². The number of rotatable bonds is 3. The second kappa shape index (κ2) is 11.6. The molecule has 12 aromatic rings. The Bertz CT molecular complexity index is 3430. The minimum absolute atomic E-state index is 1.24. The molecule has 2 heteroatoms. The first-order chi connectivity index (χ1) is 26.8. The van der Waals surface area contributed by atoms with Crippen molar-refractivity contribution in [2.75, 3.05) is 0 Å². The molecule has 0 aliphatic rings. The van der Waals surface area contributed by atoms with Crippen LogP contribution in [0.5, 0.6) is 0 Å². The third kappa shape index (κ3) is 4.42. The molecule has 0 amide bonds. The third-order valence-corrected chi connectivity index (χ3v) is 13.8. The van der Waals surface area contributed by atoms with Gasteiger partial charge in [0.15, 0.2) is 0 Å². The summed E-state index contributed by atoms with van der Waals surface area (Å²) in [5, 5.41) is 15.6. The molecule has 0 fully saturated rings. The van der Waals surface area contributed by atoms with Gasteiger partial charge >= 0.3 is 0 Å². The Morgan fingerprint density at radius 1 is 0.278 bits per heavy atom. The Kier molecular flexibility index (Phi) is 6.48. The Labute approximate surface area is 319 Å². The molecule has 250 valence electrons. The van der Waals surface area contributed by atoms with E-state index in [-0.39, 0.29) is 0 Å². The second-order valence-electron chi connectivity index (χ2n) is 14.4. The van der Waals surface area contributed by atoms with Gasteiger partial charge in [0.2, 0.25) is 0 Å². The van der Waals surface area contributed by atoms with Crippen LogP contribution in [-0.4, -0.2) is 0 Å². The summed E-state index contributed by atoms with van der Waals surface area (Å²) in [7, 11) is 0. The molecule has 0 atom stereocenters. The zero-order chi connectivity index (χ0) is 35.3. The molecule has 0 N–H and O–H groups in total. The van der Waals surface area contributed by atoms with Crippen LogP contribution < -0.4 is 0 Å². The first-order valence-corrected chi connectivity index (χ1v) is 20.1. The molecule has 2 heterocycles. The predicted octanol–water partition coefficient (Wildman–Crippen LogP) is 16.0. The van der Waals surface area contributed by atoms with Gasteiger partial charge in [0.05, 0.1) is 0 Å². The van der Waals surface area contributed by atoms with E-state index < -0.39 is 0 Å². The molecule has 54 heavy (non-hydrogen) atoms. The highest BCUT2D eigenvalue weighted by Crippen LogP contribution is 2.50. The SMILES string of the molecule is c1ccc(-c2c3ccccc3c(-c3ccc4cc(-c5cc6c7ccccc7sc6c6c5sc5cc7ccccc7cc56)ccc4c3)c3ccccc23)cc1. The second-order valence-corrected chi connectivity index (χ2v) is 16.5. The smallest absolute Gasteiger partial charge is 0.0449 e. The maximum absolute atomic E-state index is 2.47. The molecule has 2 aromatic heterocycles. The molecule has 0 radical (unpaired) electrons. The van der Waals surface area contributed by atoms with Crippen molar-refractivity contribution < 1.29 is 0 Å². The van der Waals surface area contributed by atoms with Crippen molar-refractivity contribution in [2.45, 2.75) is 0 Å². The van der Waals surface area contributed by atoms with Crippen molar-refractivity contribution in [3.05, 3.63) is 182 Å². The van der Waals surface area contributed by atoms with E-state index in [0.717, 1.165) is 0 Å². The van der Waals surface area contributed by atoms with Crippen molar-refractivity contribution in [1.82, 2.24) is 0 Å². The molecular formula is C52H30S2. The first-order valence-electron chi connectivity index (χ1n) is 18.5. The molecule has 0 aliphatic heterocycles. The first kappa shape index (κ1) is 30.2. The maximum Gasteiger partial charge on any atom is 0.0449 e. The van der Waals surface area contributed by atoms with E-state index in [2.05, 4.69) is 182 Å². The summed E-state index contributed by atoms with van der Waals surface area (Å²) >= 11 is 3.87. The summed E-state index contributed by atoms with van der Waals surface area (Å²) in [5.41, 5.74) is 7.65. The fourth-order valence-electron chi connectivity index (χ4n) is 8.94. The van der Waals surface area contributed by atoms with Crippen LogP contribution in [0.4, 0.5) is 0 Å². The predicted molar refractivity (Wildman–Crippen MR) is 239 cm³/mol. The molecule has 0 nitrogen and oxygen atoms in total. The van der Waals surface area contributed by atoms with E-state index >= 15 is 0 Å². The van der Waals surface area contributed by atoms with Crippen LogP contribution >= 0.6 is 22.7 Å². The number of hydrogen-bond acceptors (Lipinski definition) is 2. The van der Waals surface area contributed by atoms with E-state index in [0.29, 0.717) is 0 Å². The van der Waals surface area contributed by atoms with Crippen LogP contribution in [0.2, 0.25) is 0 Å². The lowest BCUT2D eigenvalue weighted by molar-refractivity contribution is 1.66. The highest BCUT2D eigenvalue weighted by Gasteiger charge is 2.20. The lowest BCUT2D eigenvalue weighted by Crippen LogP contribution is -1.90. The van der Waals surface area contributed by atoms with Crippen LogP contribution in [0.3, 0.4) is 0 Å². The third-order valence-electron chi connectivity index (χ3n) is 11.4. The summed E-state index contributed by atoms with van der Waals surface area (Å²) in [6.07, 6.45) is 0. The van der Waals surface area contributed by atoms with Gasteiger partial charge in [0.1, 0.15) is 0 Å². The zero-order valence-electron chi connectivity index (χ0n) is 29.1. The lowest BCUT2D eigenvalue weighted by atomic mass is 9.85. The normalized spacial score (nSPS) is 12.1. The van der Waals surface area contributed by atoms with Crippen molar-refractivity contribution in [2.24, 2.45) is 0 Å². The number of benzene rings is 10. The van der Waals surface area contributed by atoms with E-state index in [1.165, 1.54) is 117 Å². The molecule has 0 aliphatic carbocycles. The quantitative estimate of drug-likeness (QED) is 0.160. The lowest BCUT2D eigenvalue weighted by Gasteiger charge is -2.18. The molecule has 0 saturated heterocycles. The van der Waals surface area contributed by atoms with Gasteiger partial charge in [-0.3, -0.25) is 0 Å². The molecule has 0 saturated carbocycles. The molecule has 0 bridgehead atoms. The van der Waals surface area contributed by atoms with Crippen LogP contribution in [0, 0.1) is 0 Å². The van der Waals surface area contributed by atoms with Crippen LogP contribution in [0.15, 0.2) is 182 Å². The minimum atomic E-state index is 1.24. The Morgan fingerprint density at radius 3 is 1.50 bits per heavy atom. The van der Waals surface area contributed by atoms with Gasteiger partial charge in [-0.2, -0.15) is 0 Å². The largest absolute Gasteiger partial charge is 0.134 e. The topological polar surface area (TPSA) is 0 Å². The van der Waals surface area contributed by atoms with E-state index in [4.69, 9.17) is 0 Å². The van der Waals surface area contributed by atoms with Gasteiger partial charge < -0.3 is 0 Å². The van der Waals surface area contributed by atoms with Crippen LogP contribution in [0.1, 0.15) is 0 Å². The Balaban J connectivity index is 1.08. The van der Waals surface area contributed by atoms with Gasteiger partial charge in [-0.1, -0.05) is 146 Å². The summed E-state index contributed by atoms with van der Waals surface area (Å²) in [6.45, 7) is 0. The van der Waals surface area contributed by atoms with E-state index in [1.807, 2.05) is 22.7 Å². The highest BCUT2D eigenvalue weighted by atomic mass is 32.1. The van der Waals surface area contributed by atoms with Crippen molar-refractivity contribution in [3.8, 4) is 33.4 Å². The highest BCUT2D eigenvalue weighted by molar-refractivity contribution is 7.30. The van der Waals surface area contributed by atoms with Crippen LogP contribution in [0.25, 0.3) is 117 Å². The van der Waals surface area contributed by atoms with E-state index in [9.17, 15) is 0 Å². The summed E-state index contributed by atoms with van der Waals surface area (Å²) < 4.78 is 5.44. The average molecular weight is 719 g/mol. The Hall–Kier alpha value is -6.32. The molecule has 12 rings (SSSR count). The summed E-state index contributed by atoms with van der Waals surface area (Å²) in [5.74, 6) is 0. The fraction of sp³-hybridized carbons (Fsp3) is 0. The number of hydrogen-bond donors (Lipinski definition) is 0. The van der Waals surface area contributed by atoms with Gasteiger partial charge in [-0.05, 0) is 107 Å². The summed E-state index contributed by atoms with van der Waals surface area (Å²) in [6, 6.07) is 67.7. The number of thiophene rings is 2. The fourth-order valence-corrected chi connectivity index (χ4v) is 11.5. The molecule has 0 spiro atoms. The van der Waals surface area contributed by atoms with E-state index in [1.54, 1.807) is 0 Å². The Morgan fingerprint density at radius 2 is 0.796 bits per heavy atom. The van der Waals surface area contributed by atoms with Gasteiger partial charge in [-0.25, -0.2) is 0 Å². The number of fused-ring (bicyclic) bond motifs is 11. The molecular weight excluding hydrogens is 689 g/mol. The maximum atomic E-state index is 2.47. The standard InChI is InChI=1S/C52H30S2/c1-2-12-31(13-3-1)48-39-17-6-8-19-41(39)49(42-20-9-7-18-40(42)48)37-25-23-34-26-36(24-22-35(34)27-37)43-30-44-38-16-10-11-21-46(38)53-52(44)50-45-28-32-14-4-5-15-33(32)29-47(45)54-51(43)50/h1-30H. The summed E-state index contributed by atoms with van der Waals surface area (Å²) in [4.78, 5) is 0. The monoisotopic (exact) mass is 718 g/mol. The van der Waals surface area contributed by atoms with Crippen molar-refractivity contribution >= 4 is 106 Å². The minimum Gasteiger partial charge on any atom is -0.134 e.